The van der Waals surface area contributed by atoms with E-state index in [0.717, 1.165) is 32.1 Å². The summed E-state index contributed by atoms with van der Waals surface area (Å²) in [6, 6.07) is 17.1. The van der Waals surface area contributed by atoms with Crippen LogP contribution in [0.4, 0.5) is 0 Å². The smallest absolute Gasteiger partial charge is 0.269 e. The molecule has 0 aromatic heterocycles. The van der Waals surface area contributed by atoms with E-state index in [1.165, 1.54) is 12.0 Å². The SMILES string of the molecule is O=C(NNC(=O)C1CCCCC1)c1ccc(OCCc2ccccc2)cc1. The van der Waals surface area contributed by atoms with Gasteiger partial charge in [-0.15, -0.1) is 0 Å². The molecule has 2 N–H and O–H groups in total. The molecule has 0 saturated heterocycles. The maximum absolute atomic E-state index is 12.2. The molecule has 5 heteroatoms. The molecule has 0 unspecified atom stereocenters. The van der Waals surface area contributed by atoms with E-state index in [4.69, 9.17) is 4.74 Å². The van der Waals surface area contributed by atoms with Crippen LogP contribution in [0.3, 0.4) is 0 Å². The van der Waals surface area contributed by atoms with Crippen molar-refractivity contribution in [1.82, 2.24) is 10.9 Å². The van der Waals surface area contributed by atoms with Crippen LogP contribution in [0, 0.1) is 5.92 Å². The predicted molar refractivity (Wildman–Crippen MR) is 104 cm³/mol. The normalized spacial score (nSPS) is 14.4. The topological polar surface area (TPSA) is 67.4 Å². The number of hydrogen-bond acceptors (Lipinski definition) is 3. The molecule has 5 nitrogen and oxygen atoms in total. The van der Waals surface area contributed by atoms with Crippen molar-refractivity contribution < 1.29 is 14.3 Å². The quantitative estimate of drug-likeness (QED) is 0.767. The van der Waals surface area contributed by atoms with Crippen molar-refractivity contribution in [2.75, 3.05) is 6.61 Å². The van der Waals surface area contributed by atoms with Crippen LogP contribution in [0.5, 0.6) is 5.75 Å². The fraction of sp³-hybridized carbons (Fsp3) is 0.364. The summed E-state index contributed by atoms with van der Waals surface area (Å²) in [6.45, 7) is 0.576. The van der Waals surface area contributed by atoms with Gasteiger partial charge in [0.1, 0.15) is 5.75 Å². The van der Waals surface area contributed by atoms with Crippen molar-refractivity contribution >= 4 is 11.8 Å². The highest BCUT2D eigenvalue weighted by molar-refractivity contribution is 5.95. The maximum atomic E-state index is 12.2. The van der Waals surface area contributed by atoms with Crippen molar-refractivity contribution in [3.8, 4) is 5.75 Å². The first-order valence-electron chi connectivity index (χ1n) is 9.59. The molecule has 0 radical (unpaired) electrons. The fourth-order valence-corrected chi connectivity index (χ4v) is 3.29. The van der Waals surface area contributed by atoms with Crippen LogP contribution >= 0.6 is 0 Å². The summed E-state index contributed by atoms with van der Waals surface area (Å²) < 4.78 is 5.72. The number of hydrazine groups is 1. The monoisotopic (exact) mass is 366 g/mol. The van der Waals surface area contributed by atoms with Crippen LogP contribution in [0.15, 0.2) is 54.6 Å². The second-order valence-corrected chi connectivity index (χ2v) is 6.89. The van der Waals surface area contributed by atoms with E-state index < -0.39 is 0 Å². The Hall–Kier alpha value is -2.82. The maximum Gasteiger partial charge on any atom is 0.269 e. The van der Waals surface area contributed by atoms with Gasteiger partial charge in [-0.05, 0) is 42.7 Å². The molecule has 0 spiro atoms. The van der Waals surface area contributed by atoms with Gasteiger partial charge in [0.25, 0.3) is 5.91 Å². The minimum Gasteiger partial charge on any atom is -0.493 e. The zero-order chi connectivity index (χ0) is 18.9. The van der Waals surface area contributed by atoms with Gasteiger partial charge in [-0.3, -0.25) is 20.4 Å². The van der Waals surface area contributed by atoms with Gasteiger partial charge in [-0.25, -0.2) is 0 Å². The third kappa shape index (κ3) is 5.84. The van der Waals surface area contributed by atoms with Crippen molar-refractivity contribution in [2.45, 2.75) is 38.5 Å². The second kappa shape index (κ2) is 9.76. The van der Waals surface area contributed by atoms with Gasteiger partial charge in [0.05, 0.1) is 6.61 Å². The number of amides is 2. The van der Waals surface area contributed by atoms with Crippen LogP contribution in [-0.2, 0) is 11.2 Å². The summed E-state index contributed by atoms with van der Waals surface area (Å²) in [6.07, 6.45) is 5.98. The molecule has 27 heavy (non-hydrogen) atoms. The van der Waals surface area contributed by atoms with Gasteiger partial charge in [0.15, 0.2) is 0 Å². The van der Waals surface area contributed by atoms with Gasteiger partial charge in [-0.1, -0.05) is 49.6 Å². The van der Waals surface area contributed by atoms with E-state index >= 15 is 0 Å². The number of hydrogen-bond donors (Lipinski definition) is 2. The summed E-state index contributed by atoms with van der Waals surface area (Å²) in [5, 5.41) is 0. The Morgan fingerprint density at radius 3 is 2.30 bits per heavy atom. The molecule has 3 rings (SSSR count). The molecular weight excluding hydrogens is 340 g/mol. The largest absolute Gasteiger partial charge is 0.493 e. The Labute approximate surface area is 160 Å². The molecule has 0 bridgehead atoms. The lowest BCUT2D eigenvalue weighted by Gasteiger charge is -2.20. The fourth-order valence-electron chi connectivity index (χ4n) is 3.29. The Balaban J connectivity index is 1.42. The van der Waals surface area contributed by atoms with Gasteiger partial charge in [0.2, 0.25) is 5.91 Å². The predicted octanol–water partition coefficient (Wildman–Crippen LogP) is 3.65. The molecule has 0 aliphatic heterocycles. The van der Waals surface area contributed by atoms with Crippen LogP contribution in [-0.4, -0.2) is 18.4 Å². The third-order valence-electron chi connectivity index (χ3n) is 4.89. The molecule has 1 fully saturated rings. The van der Waals surface area contributed by atoms with Crippen LogP contribution in [0.1, 0.15) is 48.0 Å². The number of carbonyl (C=O) groups is 2. The number of benzene rings is 2. The van der Waals surface area contributed by atoms with E-state index in [2.05, 4.69) is 23.0 Å². The van der Waals surface area contributed by atoms with Crippen molar-refractivity contribution in [2.24, 2.45) is 5.92 Å². The molecule has 1 aliphatic rings. The first-order chi connectivity index (χ1) is 13.2. The zero-order valence-electron chi connectivity index (χ0n) is 15.4. The number of ether oxygens (including phenoxy) is 1. The van der Waals surface area contributed by atoms with Gasteiger partial charge in [0, 0.05) is 17.9 Å². The first kappa shape index (κ1) is 19.0. The highest BCUT2D eigenvalue weighted by Crippen LogP contribution is 2.23. The highest BCUT2D eigenvalue weighted by Gasteiger charge is 2.21. The molecule has 2 amide bonds. The molecule has 142 valence electrons. The van der Waals surface area contributed by atoms with Crippen molar-refractivity contribution in [3.63, 3.8) is 0 Å². The lowest BCUT2D eigenvalue weighted by Crippen LogP contribution is -2.44. The van der Waals surface area contributed by atoms with Crippen LogP contribution in [0.2, 0.25) is 0 Å². The van der Waals surface area contributed by atoms with Crippen LogP contribution < -0.4 is 15.6 Å². The Morgan fingerprint density at radius 1 is 0.889 bits per heavy atom. The third-order valence-corrected chi connectivity index (χ3v) is 4.89. The summed E-state index contributed by atoms with van der Waals surface area (Å²) >= 11 is 0. The number of rotatable bonds is 6. The molecule has 2 aromatic carbocycles. The second-order valence-electron chi connectivity index (χ2n) is 6.89. The summed E-state index contributed by atoms with van der Waals surface area (Å²) in [5.74, 6) is 0.312. The molecule has 0 heterocycles. The van der Waals surface area contributed by atoms with E-state index in [9.17, 15) is 9.59 Å². The molecule has 1 aliphatic carbocycles. The Kier molecular flexibility index (Phi) is 6.85. The van der Waals surface area contributed by atoms with E-state index in [1.54, 1.807) is 24.3 Å². The number of nitrogens with one attached hydrogen (secondary N) is 2. The Bertz CT molecular complexity index is 738. The summed E-state index contributed by atoms with van der Waals surface area (Å²) in [4.78, 5) is 24.3. The van der Waals surface area contributed by atoms with Crippen molar-refractivity contribution in [1.29, 1.82) is 0 Å². The van der Waals surface area contributed by atoms with E-state index in [-0.39, 0.29) is 17.7 Å². The lowest BCUT2D eigenvalue weighted by molar-refractivity contribution is -0.126. The van der Waals surface area contributed by atoms with E-state index in [0.29, 0.717) is 17.9 Å². The van der Waals surface area contributed by atoms with Gasteiger partial charge >= 0.3 is 0 Å². The summed E-state index contributed by atoms with van der Waals surface area (Å²) in [7, 11) is 0. The zero-order valence-corrected chi connectivity index (χ0v) is 15.4. The minimum atomic E-state index is -0.324. The average molecular weight is 366 g/mol. The van der Waals surface area contributed by atoms with Gasteiger partial charge in [-0.2, -0.15) is 0 Å². The molecule has 0 atom stereocenters. The standard InChI is InChI=1S/C22H26N2O3/c25-21(18-9-5-2-6-10-18)23-24-22(26)19-11-13-20(14-12-19)27-16-15-17-7-3-1-4-8-17/h1,3-4,7-8,11-14,18H,2,5-6,9-10,15-16H2,(H,23,25)(H,24,26). The van der Waals surface area contributed by atoms with Crippen molar-refractivity contribution in [3.05, 3.63) is 65.7 Å². The highest BCUT2D eigenvalue weighted by atomic mass is 16.5. The summed E-state index contributed by atoms with van der Waals surface area (Å²) in [5.41, 5.74) is 6.75. The van der Waals surface area contributed by atoms with E-state index in [1.807, 2.05) is 18.2 Å². The van der Waals surface area contributed by atoms with Crippen LogP contribution in [0.25, 0.3) is 0 Å². The van der Waals surface area contributed by atoms with Gasteiger partial charge < -0.3 is 4.74 Å². The average Bonchev–Trinajstić information content (AvgIpc) is 2.73. The molecule has 2 aromatic rings. The molecule has 1 saturated carbocycles. The Morgan fingerprint density at radius 2 is 1.59 bits per heavy atom. The minimum absolute atomic E-state index is 0.0134. The first-order valence-corrected chi connectivity index (χ1v) is 9.59. The lowest BCUT2D eigenvalue weighted by atomic mass is 9.89. The number of carbonyl (C=O) groups excluding carboxylic acids is 2. The molecular formula is C22H26N2O3.